The average Bonchev–Trinajstić information content (AvgIpc) is 2.15. The highest BCUT2D eigenvalue weighted by molar-refractivity contribution is 5.11. The van der Waals surface area contributed by atoms with Gasteiger partial charge in [0.05, 0.1) is 6.07 Å². The lowest BCUT2D eigenvalue weighted by molar-refractivity contribution is 0.495. The Labute approximate surface area is 79.2 Å². The van der Waals surface area contributed by atoms with Crippen molar-refractivity contribution in [1.82, 2.24) is 4.98 Å². The number of rotatable bonds is 3. The van der Waals surface area contributed by atoms with Gasteiger partial charge in [0.1, 0.15) is 0 Å². The number of pyridine rings is 1. The number of hydrogen-bond acceptors (Lipinski definition) is 2. The molecule has 0 saturated heterocycles. The summed E-state index contributed by atoms with van der Waals surface area (Å²) in [6, 6.07) is 8.06. The van der Waals surface area contributed by atoms with Gasteiger partial charge >= 0.3 is 0 Å². The summed E-state index contributed by atoms with van der Waals surface area (Å²) in [7, 11) is 0. The summed E-state index contributed by atoms with van der Waals surface area (Å²) in [6.07, 6.45) is 2.33. The summed E-state index contributed by atoms with van der Waals surface area (Å²) in [5.41, 5.74) is 1.03. The van der Waals surface area contributed by atoms with E-state index in [1.54, 1.807) is 6.20 Å². The van der Waals surface area contributed by atoms with Crippen LogP contribution in [0, 0.1) is 17.2 Å². The van der Waals surface area contributed by atoms with Gasteiger partial charge in [-0.2, -0.15) is 5.26 Å². The summed E-state index contributed by atoms with van der Waals surface area (Å²) in [5.74, 6) is 0.737. The van der Waals surface area contributed by atoms with E-state index in [1.807, 2.05) is 18.2 Å². The molecule has 0 amide bonds. The third-order valence-corrected chi connectivity index (χ3v) is 2.18. The minimum atomic E-state index is 0.270. The molecular formula is C11H14N2. The van der Waals surface area contributed by atoms with Gasteiger partial charge in [0.15, 0.2) is 0 Å². The van der Waals surface area contributed by atoms with Crippen LogP contribution in [0.4, 0.5) is 0 Å². The van der Waals surface area contributed by atoms with Gasteiger partial charge in [0.25, 0.3) is 0 Å². The van der Waals surface area contributed by atoms with Crippen molar-refractivity contribution >= 4 is 0 Å². The van der Waals surface area contributed by atoms with Crippen molar-refractivity contribution in [3.05, 3.63) is 30.1 Å². The Balaban J connectivity index is 2.84. The minimum Gasteiger partial charge on any atom is -0.261 e. The largest absolute Gasteiger partial charge is 0.261 e. The fourth-order valence-corrected chi connectivity index (χ4v) is 1.38. The quantitative estimate of drug-likeness (QED) is 0.706. The van der Waals surface area contributed by atoms with E-state index in [-0.39, 0.29) is 5.92 Å². The Kier molecular flexibility index (Phi) is 3.45. The molecule has 0 aliphatic carbocycles. The van der Waals surface area contributed by atoms with Gasteiger partial charge in [-0.1, -0.05) is 19.9 Å². The maximum absolute atomic E-state index is 8.67. The van der Waals surface area contributed by atoms with Gasteiger partial charge in [-0.3, -0.25) is 4.98 Å². The van der Waals surface area contributed by atoms with E-state index in [1.165, 1.54) is 0 Å². The number of nitrogens with zero attached hydrogens (tertiary/aromatic N) is 2. The summed E-state index contributed by atoms with van der Waals surface area (Å²) in [6.45, 7) is 4.24. The first-order valence-corrected chi connectivity index (χ1v) is 4.53. The van der Waals surface area contributed by atoms with Crippen LogP contribution in [-0.4, -0.2) is 4.98 Å². The Morgan fingerprint density at radius 3 is 2.69 bits per heavy atom. The summed E-state index contributed by atoms with van der Waals surface area (Å²) >= 11 is 0. The standard InChI is InChI=1S/C11H14N2/c1-9(2)10(6-7-12)11-5-3-4-8-13-11/h3-5,8-10H,6H2,1-2H3. The highest BCUT2D eigenvalue weighted by Gasteiger charge is 2.15. The van der Waals surface area contributed by atoms with Crippen LogP contribution >= 0.6 is 0 Å². The van der Waals surface area contributed by atoms with Gasteiger partial charge in [0.2, 0.25) is 0 Å². The first kappa shape index (κ1) is 9.73. The third-order valence-electron chi connectivity index (χ3n) is 2.18. The zero-order valence-electron chi connectivity index (χ0n) is 8.07. The second-order valence-electron chi connectivity index (χ2n) is 3.47. The van der Waals surface area contributed by atoms with Crippen LogP contribution in [0.1, 0.15) is 31.9 Å². The smallest absolute Gasteiger partial charge is 0.0628 e. The Morgan fingerprint density at radius 2 is 2.23 bits per heavy atom. The Bertz CT molecular complexity index is 285. The fourth-order valence-electron chi connectivity index (χ4n) is 1.38. The van der Waals surface area contributed by atoms with E-state index in [0.29, 0.717) is 12.3 Å². The molecule has 1 heterocycles. The molecular weight excluding hydrogens is 160 g/mol. The van der Waals surface area contributed by atoms with Crippen molar-refractivity contribution in [2.45, 2.75) is 26.2 Å². The van der Waals surface area contributed by atoms with Gasteiger partial charge in [0, 0.05) is 24.2 Å². The maximum atomic E-state index is 8.67. The van der Waals surface area contributed by atoms with Crippen molar-refractivity contribution in [1.29, 1.82) is 5.26 Å². The Hall–Kier alpha value is -1.36. The van der Waals surface area contributed by atoms with Gasteiger partial charge < -0.3 is 0 Å². The number of nitriles is 1. The molecule has 68 valence electrons. The van der Waals surface area contributed by atoms with Crippen molar-refractivity contribution < 1.29 is 0 Å². The first-order chi connectivity index (χ1) is 6.25. The first-order valence-electron chi connectivity index (χ1n) is 4.53. The highest BCUT2D eigenvalue weighted by Crippen LogP contribution is 2.25. The summed E-state index contributed by atoms with van der Waals surface area (Å²) in [4.78, 5) is 4.27. The van der Waals surface area contributed by atoms with Crippen molar-refractivity contribution in [3.8, 4) is 6.07 Å². The monoisotopic (exact) mass is 174 g/mol. The van der Waals surface area contributed by atoms with E-state index in [2.05, 4.69) is 24.9 Å². The predicted octanol–water partition coefficient (Wildman–Crippen LogP) is 2.73. The lowest BCUT2D eigenvalue weighted by atomic mass is 9.90. The molecule has 1 atom stereocenters. The normalized spacial score (nSPS) is 12.5. The van der Waals surface area contributed by atoms with Crippen molar-refractivity contribution in [2.24, 2.45) is 5.92 Å². The highest BCUT2D eigenvalue weighted by atomic mass is 14.7. The van der Waals surface area contributed by atoms with E-state index in [4.69, 9.17) is 5.26 Å². The Morgan fingerprint density at radius 1 is 1.46 bits per heavy atom. The van der Waals surface area contributed by atoms with Gasteiger partial charge in [-0.05, 0) is 18.1 Å². The molecule has 1 unspecified atom stereocenters. The van der Waals surface area contributed by atoms with Crippen molar-refractivity contribution in [3.63, 3.8) is 0 Å². The van der Waals surface area contributed by atoms with Crippen LogP contribution < -0.4 is 0 Å². The van der Waals surface area contributed by atoms with E-state index >= 15 is 0 Å². The molecule has 0 spiro atoms. The molecule has 0 aliphatic heterocycles. The van der Waals surface area contributed by atoms with Crippen LogP contribution in [0.25, 0.3) is 0 Å². The van der Waals surface area contributed by atoms with Crippen LogP contribution in [-0.2, 0) is 0 Å². The van der Waals surface area contributed by atoms with E-state index < -0.39 is 0 Å². The summed E-state index contributed by atoms with van der Waals surface area (Å²) in [5, 5.41) is 8.67. The van der Waals surface area contributed by atoms with Crippen LogP contribution in [0.3, 0.4) is 0 Å². The SMILES string of the molecule is CC(C)C(CC#N)c1ccccn1. The summed E-state index contributed by atoms with van der Waals surface area (Å²) < 4.78 is 0. The molecule has 1 aromatic heterocycles. The van der Waals surface area contributed by atoms with Crippen LogP contribution in [0.5, 0.6) is 0 Å². The molecule has 2 nitrogen and oxygen atoms in total. The molecule has 0 fully saturated rings. The molecule has 0 saturated carbocycles. The molecule has 0 N–H and O–H groups in total. The molecule has 1 aromatic rings. The lowest BCUT2D eigenvalue weighted by Gasteiger charge is -2.16. The second-order valence-corrected chi connectivity index (χ2v) is 3.47. The molecule has 0 radical (unpaired) electrons. The number of hydrogen-bond donors (Lipinski definition) is 0. The van der Waals surface area contributed by atoms with Crippen molar-refractivity contribution in [2.75, 3.05) is 0 Å². The molecule has 1 rings (SSSR count). The fraction of sp³-hybridized carbons (Fsp3) is 0.455. The third kappa shape index (κ3) is 2.55. The van der Waals surface area contributed by atoms with Crippen LogP contribution in [0.15, 0.2) is 24.4 Å². The maximum Gasteiger partial charge on any atom is 0.0628 e. The van der Waals surface area contributed by atoms with Gasteiger partial charge in [-0.25, -0.2) is 0 Å². The molecule has 2 heteroatoms. The second kappa shape index (κ2) is 4.61. The zero-order chi connectivity index (χ0) is 9.68. The molecule has 0 bridgehead atoms. The topological polar surface area (TPSA) is 36.7 Å². The lowest BCUT2D eigenvalue weighted by Crippen LogP contribution is -2.07. The minimum absolute atomic E-state index is 0.270. The zero-order valence-corrected chi connectivity index (χ0v) is 8.07. The molecule has 0 aliphatic rings. The van der Waals surface area contributed by atoms with Gasteiger partial charge in [-0.15, -0.1) is 0 Å². The average molecular weight is 174 g/mol. The van der Waals surface area contributed by atoms with Crippen LogP contribution in [0.2, 0.25) is 0 Å². The molecule has 0 aromatic carbocycles. The van der Waals surface area contributed by atoms with E-state index in [0.717, 1.165) is 5.69 Å². The predicted molar refractivity (Wildman–Crippen MR) is 52.0 cm³/mol. The number of aromatic nitrogens is 1. The molecule has 13 heavy (non-hydrogen) atoms. The van der Waals surface area contributed by atoms with E-state index in [9.17, 15) is 0 Å².